The van der Waals surface area contributed by atoms with Gasteiger partial charge in [-0.05, 0) is 37.3 Å². The van der Waals surface area contributed by atoms with E-state index in [1.807, 2.05) is 6.07 Å². The van der Waals surface area contributed by atoms with Crippen LogP contribution in [0, 0.1) is 0 Å². The molecule has 33 heavy (non-hydrogen) atoms. The maximum atomic E-state index is 12.9. The van der Waals surface area contributed by atoms with Crippen LogP contribution in [0.4, 0.5) is 0 Å². The SMILES string of the molecule is CS[C@H]1O[C@H]([C@H](NC(=O)[C@@H]2C[C@H](SCc3ccc(Cl)cc3Cl)CN2)C(C)O)[C@H](O)[C@H](O)[C@H]1O. The van der Waals surface area contributed by atoms with Crippen LogP contribution < -0.4 is 10.6 Å². The number of rotatable bonds is 8. The second-order valence-electron chi connectivity index (χ2n) is 8.32. The van der Waals surface area contributed by atoms with E-state index < -0.39 is 48.0 Å². The van der Waals surface area contributed by atoms with Crippen LogP contribution in [0.3, 0.4) is 0 Å². The van der Waals surface area contributed by atoms with E-state index in [0.717, 1.165) is 5.56 Å². The van der Waals surface area contributed by atoms with Gasteiger partial charge in [-0.1, -0.05) is 29.3 Å². The minimum Gasteiger partial charge on any atom is -0.391 e. The summed E-state index contributed by atoms with van der Waals surface area (Å²) < 4.78 is 5.73. The van der Waals surface area contributed by atoms with Gasteiger partial charge in [-0.25, -0.2) is 0 Å². The highest BCUT2D eigenvalue weighted by molar-refractivity contribution is 7.99. The third-order valence-corrected chi connectivity index (χ3v) is 8.67. The zero-order chi connectivity index (χ0) is 24.3. The van der Waals surface area contributed by atoms with Crippen LogP contribution in [0.5, 0.6) is 0 Å². The molecule has 9 atom stereocenters. The van der Waals surface area contributed by atoms with Gasteiger partial charge in [0, 0.05) is 27.6 Å². The minimum atomic E-state index is -1.47. The first kappa shape index (κ1) is 27.3. The van der Waals surface area contributed by atoms with Gasteiger partial charge in [0.1, 0.15) is 29.9 Å². The van der Waals surface area contributed by atoms with Crippen molar-refractivity contribution < 1.29 is 30.0 Å². The molecule has 2 aliphatic rings. The van der Waals surface area contributed by atoms with Gasteiger partial charge in [-0.3, -0.25) is 4.79 Å². The summed E-state index contributed by atoms with van der Waals surface area (Å²) in [6.45, 7) is 2.11. The Morgan fingerprint density at radius 1 is 1.27 bits per heavy atom. The molecule has 1 unspecified atom stereocenters. The van der Waals surface area contributed by atoms with Crippen molar-refractivity contribution in [3.05, 3.63) is 33.8 Å². The van der Waals surface area contributed by atoms with Crippen LogP contribution in [0.25, 0.3) is 0 Å². The molecule has 0 saturated carbocycles. The van der Waals surface area contributed by atoms with E-state index in [1.54, 1.807) is 30.2 Å². The standard InChI is InChI=1S/C21H30Cl2N2O6S2/c1-9(26)15(19-17(28)16(27)18(29)21(31-19)32-2)25-20(30)14-6-12(7-24-14)33-8-10-3-4-11(22)5-13(10)23/h3-5,9,12,14-19,21,24,26-29H,6-8H2,1-2H3,(H,25,30)/t9?,12-,14-,15+,16-,17+,18+,19+,21+/m0/s1. The maximum absolute atomic E-state index is 12.9. The maximum Gasteiger partial charge on any atom is 0.237 e. The molecule has 8 nitrogen and oxygen atoms in total. The van der Waals surface area contributed by atoms with Crippen molar-refractivity contribution in [1.82, 2.24) is 10.6 Å². The van der Waals surface area contributed by atoms with Gasteiger partial charge in [-0.15, -0.1) is 11.8 Å². The zero-order valence-corrected chi connectivity index (χ0v) is 21.4. The Balaban J connectivity index is 1.57. The van der Waals surface area contributed by atoms with Gasteiger partial charge in [0.25, 0.3) is 0 Å². The average molecular weight is 542 g/mol. The monoisotopic (exact) mass is 540 g/mol. The van der Waals surface area contributed by atoms with E-state index in [4.69, 9.17) is 27.9 Å². The number of carbonyl (C=O) groups is 1. The molecule has 0 spiro atoms. The number of nitrogens with one attached hydrogen (secondary N) is 2. The van der Waals surface area contributed by atoms with Crippen molar-refractivity contribution in [1.29, 1.82) is 0 Å². The molecular formula is C21H30Cl2N2O6S2. The topological polar surface area (TPSA) is 131 Å². The largest absolute Gasteiger partial charge is 0.391 e. The molecule has 2 fully saturated rings. The summed E-state index contributed by atoms with van der Waals surface area (Å²) in [6.07, 6.45) is -4.06. The highest BCUT2D eigenvalue weighted by Gasteiger charge is 2.48. The molecule has 0 aromatic heterocycles. The third-order valence-electron chi connectivity index (χ3n) is 5.92. The Bertz CT molecular complexity index is 821. The van der Waals surface area contributed by atoms with E-state index in [2.05, 4.69) is 10.6 Å². The summed E-state index contributed by atoms with van der Waals surface area (Å²) in [6, 6.07) is 3.95. The number of thioether (sulfide) groups is 2. The fraction of sp³-hybridized carbons (Fsp3) is 0.667. The van der Waals surface area contributed by atoms with Crippen LogP contribution in [0.15, 0.2) is 18.2 Å². The zero-order valence-electron chi connectivity index (χ0n) is 18.2. The molecule has 0 bridgehead atoms. The number of ether oxygens (including phenoxy) is 1. The van der Waals surface area contributed by atoms with Crippen LogP contribution in [0.1, 0.15) is 18.9 Å². The molecule has 0 radical (unpaired) electrons. The minimum absolute atomic E-state index is 0.187. The fourth-order valence-corrected chi connectivity index (χ4v) is 6.43. The van der Waals surface area contributed by atoms with Crippen LogP contribution in [0.2, 0.25) is 10.0 Å². The first-order chi connectivity index (χ1) is 15.6. The van der Waals surface area contributed by atoms with E-state index in [-0.39, 0.29) is 11.2 Å². The number of aliphatic hydroxyl groups is 4. The number of hydrogen-bond acceptors (Lipinski definition) is 9. The summed E-state index contributed by atoms with van der Waals surface area (Å²) in [5, 5.41) is 48.3. The van der Waals surface area contributed by atoms with Gasteiger partial charge in [0.2, 0.25) is 5.91 Å². The van der Waals surface area contributed by atoms with Crippen molar-refractivity contribution in [3.63, 3.8) is 0 Å². The Labute approximate surface area is 211 Å². The highest BCUT2D eigenvalue weighted by atomic mass is 35.5. The van der Waals surface area contributed by atoms with Crippen molar-refractivity contribution in [2.45, 2.75) is 72.4 Å². The molecule has 1 aromatic rings. The van der Waals surface area contributed by atoms with E-state index in [0.29, 0.717) is 28.8 Å². The van der Waals surface area contributed by atoms with Gasteiger partial charge >= 0.3 is 0 Å². The van der Waals surface area contributed by atoms with Crippen molar-refractivity contribution in [2.24, 2.45) is 0 Å². The molecule has 1 aromatic carbocycles. The van der Waals surface area contributed by atoms with Crippen molar-refractivity contribution in [2.75, 3.05) is 12.8 Å². The summed E-state index contributed by atoms with van der Waals surface area (Å²) in [5.41, 5.74) is 0.178. The fourth-order valence-electron chi connectivity index (χ4n) is 3.98. The Morgan fingerprint density at radius 3 is 2.64 bits per heavy atom. The number of benzene rings is 1. The van der Waals surface area contributed by atoms with Crippen LogP contribution in [-0.2, 0) is 15.3 Å². The molecule has 2 heterocycles. The van der Waals surface area contributed by atoms with Gasteiger partial charge in [0.15, 0.2) is 0 Å². The molecule has 2 saturated heterocycles. The average Bonchev–Trinajstić information content (AvgIpc) is 3.25. The first-order valence-corrected chi connectivity index (χ1v) is 13.7. The van der Waals surface area contributed by atoms with E-state index in [1.165, 1.54) is 18.7 Å². The molecule has 1 amide bonds. The first-order valence-electron chi connectivity index (χ1n) is 10.6. The van der Waals surface area contributed by atoms with Gasteiger partial charge < -0.3 is 35.8 Å². The second kappa shape index (κ2) is 12.1. The number of halogens is 2. The number of carbonyl (C=O) groups excluding carboxylic acids is 1. The van der Waals surface area contributed by atoms with Gasteiger partial charge in [0.05, 0.1) is 18.2 Å². The van der Waals surface area contributed by atoms with E-state index >= 15 is 0 Å². The van der Waals surface area contributed by atoms with Crippen molar-refractivity contribution >= 4 is 52.6 Å². The predicted octanol–water partition coefficient (Wildman–Crippen LogP) is 0.993. The summed E-state index contributed by atoms with van der Waals surface area (Å²) >= 11 is 15.0. The summed E-state index contributed by atoms with van der Waals surface area (Å²) in [5.74, 6) is 0.358. The highest BCUT2D eigenvalue weighted by Crippen LogP contribution is 2.31. The smallest absolute Gasteiger partial charge is 0.237 e. The lowest BCUT2D eigenvalue weighted by atomic mass is 9.92. The second-order valence-corrected chi connectivity index (χ2v) is 11.4. The quantitative estimate of drug-likeness (QED) is 0.285. The molecule has 186 valence electrons. The molecule has 6 N–H and O–H groups in total. The number of aliphatic hydroxyl groups excluding tert-OH is 4. The summed E-state index contributed by atoms with van der Waals surface area (Å²) in [4.78, 5) is 12.9. The Morgan fingerprint density at radius 2 is 2.00 bits per heavy atom. The van der Waals surface area contributed by atoms with Gasteiger partial charge in [-0.2, -0.15) is 11.8 Å². The van der Waals surface area contributed by atoms with Crippen LogP contribution >= 0.6 is 46.7 Å². The predicted molar refractivity (Wildman–Crippen MR) is 132 cm³/mol. The molecule has 2 aliphatic heterocycles. The Hall–Kier alpha value is -0.270. The molecule has 0 aliphatic carbocycles. The molecule has 12 heteroatoms. The molecule has 3 rings (SSSR count). The number of amides is 1. The lowest BCUT2D eigenvalue weighted by Gasteiger charge is -2.44. The third kappa shape index (κ3) is 6.69. The number of hydrogen-bond donors (Lipinski definition) is 6. The van der Waals surface area contributed by atoms with Crippen molar-refractivity contribution in [3.8, 4) is 0 Å². The normalized spacial score (nSPS) is 34.1. The lowest BCUT2D eigenvalue weighted by molar-refractivity contribution is -0.211. The lowest BCUT2D eigenvalue weighted by Crippen LogP contribution is -2.65. The molecular weight excluding hydrogens is 511 g/mol. The summed E-state index contributed by atoms with van der Waals surface area (Å²) in [7, 11) is 0. The van der Waals surface area contributed by atoms with E-state index in [9.17, 15) is 25.2 Å². The van der Waals surface area contributed by atoms with Crippen LogP contribution in [-0.4, -0.2) is 92.4 Å². The Kier molecular flexibility index (Phi) is 10.0.